The highest BCUT2D eigenvalue weighted by atomic mass is 16.5. The summed E-state index contributed by atoms with van der Waals surface area (Å²) >= 11 is 0. The van der Waals surface area contributed by atoms with Crippen LogP contribution in [-0.2, 0) is 11.3 Å². The molecule has 0 fully saturated rings. The third kappa shape index (κ3) is 3.83. The fourth-order valence-corrected chi connectivity index (χ4v) is 2.03. The minimum atomic E-state index is -0.289. The topological polar surface area (TPSA) is 55.5 Å². The standard InChI is InChI=1S/C17H21NO2/c18-13-17(14-19)9-6-15(7-10-17)8-11-20-12-16-4-2-1-3-5-16/h1-9,11,19H,10,12-14,18H2. The van der Waals surface area contributed by atoms with E-state index < -0.39 is 0 Å². The quantitative estimate of drug-likeness (QED) is 0.782. The van der Waals surface area contributed by atoms with Gasteiger partial charge in [0.15, 0.2) is 0 Å². The summed E-state index contributed by atoms with van der Waals surface area (Å²) in [5.74, 6) is 0. The molecule has 1 atom stereocenters. The number of aliphatic hydroxyl groups excluding tert-OH is 1. The van der Waals surface area contributed by atoms with Crippen LogP contribution >= 0.6 is 0 Å². The molecule has 1 aromatic carbocycles. The van der Waals surface area contributed by atoms with Gasteiger partial charge in [0.25, 0.3) is 0 Å². The highest BCUT2D eigenvalue weighted by Crippen LogP contribution is 2.28. The van der Waals surface area contributed by atoms with Gasteiger partial charge in [-0.3, -0.25) is 0 Å². The van der Waals surface area contributed by atoms with E-state index in [9.17, 15) is 5.11 Å². The molecule has 0 spiro atoms. The summed E-state index contributed by atoms with van der Waals surface area (Å²) in [5.41, 5.74) is 7.63. The summed E-state index contributed by atoms with van der Waals surface area (Å²) in [6.07, 6.45) is 10.4. The predicted octanol–water partition coefficient (Wildman–Crippen LogP) is 2.54. The van der Waals surface area contributed by atoms with Crippen molar-refractivity contribution >= 4 is 0 Å². The van der Waals surface area contributed by atoms with Gasteiger partial charge in [-0.2, -0.15) is 0 Å². The Labute approximate surface area is 120 Å². The Morgan fingerprint density at radius 2 is 2.10 bits per heavy atom. The van der Waals surface area contributed by atoms with Gasteiger partial charge in [0.05, 0.1) is 12.9 Å². The number of aliphatic hydroxyl groups is 1. The first-order chi connectivity index (χ1) is 9.78. The number of ether oxygens (including phenoxy) is 1. The molecule has 1 unspecified atom stereocenters. The lowest BCUT2D eigenvalue weighted by atomic mass is 9.81. The van der Waals surface area contributed by atoms with Gasteiger partial charge in [-0.1, -0.05) is 48.6 Å². The highest BCUT2D eigenvalue weighted by molar-refractivity contribution is 5.35. The van der Waals surface area contributed by atoms with E-state index in [1.54, 1.807) is 6.26 Å². The molecule has 3 nitrogen and oxygen atoms in total. The number of hydrogen-bond donors (Lipinski definition) is 2. The van der Waals surface area contributed by atoms with Crippen LogP contribution in [0.3, 0.4) is 0 Å². The Morgan fingerprint density at radius 1 is 1.30 bits per heavy atom. The average molecular weight is 271 g/mol. The van der Waals surface area contributed by atoms with Crippen LogP contribution in [0, 0.1) is 5.41 Å². The lowest BCUT2D eigenvalue weighted by Gasteiger charge is -2.28. The zero-order valence-corrected chi connectivity index (χ0v) is 11.5. The molecule has 3 N–H and O–H groups in total. The molecule has 0 amide bonds. The second-order valence-corrected chi connectivity index (χ2v) is 5.07. The van der Waals surface area contributed by atoms with E-state index in [1.807, 2.05) is 48.6 Å². The van der Waals surface area contributed by atoms with Gasteiger partial charge in [-0.25, -0.2) is 0 Å². The average Bonchev–Trinajstić information content (AvgIpc) is 2.53. The first-order valence-corrected chi connectivity index (χ1v) is 6.80. The van der Waals surface area contributed by atoms with Crippen molar-refractivity contribution in [2.24, 2.45) is 11.1 Å². The van der Waals surface area contributed by atoms with E-state index >= 15 is 0 Å². The number of benzene rings is 1. The monoisotopic (exact) mass is 271 g/mol. The van der Waals surface area contributed by atoms with Gasteiger partial charge < -0.3 is 15.6 Å². The lowest BCUT2D eigenvalue weighted by molar-refractivity contribution is 0.175. The summed E-state index contributed by atoms with van der Waals surface area (Å²) in [4.78, 5) is 0. The predicted molar refractivity (Wildman–Crippen MR) is 80.8 cm³/mol. The normalized spacial score (nSPS) is 22.0. The smallest absolute Gasteiger partial charge is 0.112 e. The number of allylic oxidation sites excluding steroid dienone is 4. The summed E-state index contributed by atoms with van der Waals surface area (Å²) in [5, 5.41) is 9.36. The minimum Gasteiger partial charge on any atom is -0.496 e. The molecule has 0 aliphatic heterocycles. The summed E-state index contributed by atoms with van der Waals surface area (Å²) in [7, 11) is 0. The second-order valence-electron chi connectivity index (χ2n) is 5.07. The Morgan fingerprint density at radius 3 is 2.70 bits per heavy atom. The summed E-state index contributed by atoms with van der Waals surface area (Å²) < 4.78 is 5.50. The van der Waals surface area contributed by atoms with Gasteiger partial charge in [0, 0.05) is 12.0 Å². The molecule has 0 bridgehead atoms. The van der Waals surface area contributed by atoms with Crippen molar-refractivity contribution in [3.63, 3.8) is 0 Å². The van der Waals surface area contributed by atoms with Crippen LogP contribution in [0.4, 0.5) is 0 Å². The Balaban J connectivity index is 1.82. The molecule has 2 rings (SSSR count). The molecule has 0 heterocycles. The zero-order chi connectivity index (χ0) is 14.3. The SMILES string of the molecule is NCC1(CO)C=CC(C=COCc2ccccc2)=CC1. The van der Waals surface area contributed by atoms with Crippen LogP contribution < -0.4 is 5.73 Å². The van der Waals surface area contributed by atoms with E-state index in [4.69, 9.17) is 10.5 Å². The van der Waals surface area contributed by atoms with Crippen molar-refractivity contribution in [2.75, 3.05) is 13.2 Å². The van der Waals surface area contributed by atoms with Crippen molar-refractivity contribution in [1.82, 2.24) is 0 Å². The van der Waals surface area contributed by atoms with Crippen LogP contribution in [0.15, 0.2) is 66.5 Å². The molecule has 1 aromatic rings. The fraction of sp³-hybridized carbons (Fsp3) is 0.294. The maximum Gasteiger partial charge on any atom is 0.112 e. The zero-order valence-electron chi connectivity index (χ0n) is 11.5. The van der Waals surface area contributed by atoms with Crippen LogP contribution in [0.5, 0.6) is 0 Å². The molecule has 106 valence electrons. The van der Waals surface area contributed by atoms with Crippen molar-refractivity contribution in [1.29, 1.82) is 0 Å². The van der Waals surface area contributed by atoms with Crippen molar-refractivity contribution in [2.45, 2.75) is 13.0 Å². The maximum absolute atomic E-state index is 9.36. The molecule has 0 aromatic heterocycles. The molecule has 1 aliphatic carbocycles. The molecule has 20 heavy (non-hydrogen) atoms. The molecule has 0 radical (unpaired) electrons. The van der Waals surface area contributed by atoms with Crippen LogP contribution in [0.25, 0.3) is 0 Å². The van der Waals surface area contributed by atoms with E-state index in [1.165, 1.54) is 0 Å². The van der Waals surface area contributed by atoms with Gasteiger partial charge in [0.2, 0.25) is 0 Å². The van der Waals surface area contributed by atoms with Gasteiger partial charge in [0.1, 0.15) is 6.61 Å². The number of hydrogen-bond acceptors (Lipinski definition) is 3. The Hall–Kier alpha value is -1.84. The maximum atomic E-state index is 9.36. The third-order valence-electron chi connectivity index (χ3n) is 3.54. The second kappa shape index (κ2) is 7.08. The van der Waals surface area contributed by atoms with Crippen LogP contribution in [0.2, 0.25) is 0 Å². The largest absolute Gasteiger partial charge is 0.496 e. The van der Waals surface area contributed by atoms with Crippen molar-refractivity contribution < 1.29 is 9.84 Å². The Bertz CT molecular complexity index is 499. The lowest BCUT2D eigenvalue weighted by Crippen LogP contribution is -2.32. The van der Waals surface area contributed by atoms with Crippen molar-refractivity contribution in [3.05, 3.63) is 72.0 Å². The van der Waals surface area contributed by atoms with Crippen LogP contribution in [-0.4, -0.2) is 18.3 Å². The third-order valence-corrected chi connectivity index (χ3v) is 3.54. The molecule has 0 saturated heterocycles. The molecule has 1 aliphatic rings. The molecule has 0 saturated carbocycles. The van der Waals surface area contributed by atoms with Gasteiger partial charge in [-0.05, 0) is 23.6 Å². The fourth-order valence-electron chi connectivity index (χ4n) is 2.03. The summed E-state index contributed by atoms with van der Waals surface area (Å²) in [6, 6.07) is 10.0. The molecular formula is C17H21NO2. The highest BCUT2D eigenvalue weighted by Gasteiger charge is 2.25. The first-order valence-electron chi connectivity index (χ1n) is 6.80. The van der Waals surface area contributed by atoms with Crippen molar-refractivity contribution in [3.8, 4) is 0 Å². The minimum absolute atomic E-state index is 0.0814. The Kier molecular flexibility index (Phi) is 5.16. The van der Waals surface area contributed by atoms with Gasteiger partial charge >= 0.3 is 0 Å². The summed E-state index contributed by atoms with van der Waals surface area (Å²) in [6.45, 7) is 1.10. The van der Waals surface area contributed by atoms with E-state index in [2.05, 4.69) is 6.08 Å². The van der Waals surface area contributed by atoms with Crippen LogP contribution in [0.1, 0.15) is 12.0 Å². The number of rotatable bonds is 6. The van der Waals surface area contributed by atoms with E-state index in [-0.39, 0.29) is 12.0 Å². The first kappa shape index (κ1) is 14.6. The van der Waals surface area contributed by atoms with Gasteiger partial charge in [-0.15, -0.1) is 0 Å². The van der Waals surface area contributed by atoms with E-state index in [0.29, 0.717) is 13.2 Å². The molecule has 3 heteroatoms. The molecular weight excluding hydrogens is 250 g/mol. The number of nitrogens with two attached hydrogens (primary N) is 1. The van der Waals surface area contributed by atoms with E-state index in [0.717, 1.165) is 17.6 Å².